The summed E-state index contributed by atoms with van der Waals surface area (Å²) >= 11 is 0. The topological polar surface area (TPSA) is 32.3 Å². The lowest BCUT2D eigenvalue weighted by Gasteiger charge is -2.24. The molecule has 0 aromatic rings. The van der Waals surface area contributed by atoms with Crippen molar-refractivity contribution in [3.8, 4) is 0 Å². The van der Waals surface area contributed by atoms with E-state index < -0.39 is 0 Å². The first-order valence-electron chi connectivity index (χ1n) is 6.85. The lowest BCUT2D eigenvalue weighted by Crippen LogP contribution is -2.39. The van der Waals surface area contributed by atoms with Crippen LogP contribution in [-0.4, -0.2) is 36.5 Å². The number of amides is 1. The Morgan fingerprint density at radius 3 is 2.81 bits per heavy atom. The molecule has 1 N–H and O–H groups in total. The van der Waals surface area contributed by atoms with Crippen molar-refractivity contribution in [2.24, 2.45) is 11.8 Å². The summed E-state index contributed by atoms with van der Waals surface area (Å²) in [6, 6.07) is 0.522. The van der Waals surface area contributed by atoms with Gasteiger partial charge in [0.2, 0.25) is 5.91 Å². The molecule has 0 radical (unpaired) electrons. The summed E-state index contributed by atoms with van der Waals surface area (Å²) < 4.78 is 0. The summed E-state index contributed by atoms with van der Waals surface area (Å²) in [4.78, 5) is 14.4. The maximum atomic E-state index is 12.2. The van der Waals surface area contributed by atoms with E-state index in [-0.39, 0.29) is 0 Å². The van der Waals surface area contributed by atoms with Gasteiger partial charge in [-0.1, -0.05) is 12.8 Å². The molecule has 0 unspecified atom stereocenters. The highest BCUT2D eigenvalue weighted by Crippen LogP contribution is 2.31. The van der Waals surface area contributed by atoms with Crippen molar-refractivity contribution in [2.45, 2.75) is 44.6 Å². The van der Waals surface area contributed by atoms with Crippen molar-refractivity contribution in [3.05, 3.63) is 0 Å². The van der Waals surface area contributed by atoms with Gasteiger partial charge in [0.05, 0.1) is 0 Å². The number of nitrogens with zero attached hydrogens (tertiary/aromatic N) is 1. The first-order valence-corrected chi connectivity index (χ1v) is 6.85. The molecule has 3 rings (SSSR count). The van der Waals surface area contributed by atoms with E-state index in [9.17, 15) is 4.79 Å². The Labute approximate surface area is 97.6 Å². The summed E-state index contributed by atoms with van der Waals surface area (Å²) in [5.41, 5.74) is 0. The molecule has 3 fully saturated rings. The first-order chi connectivity index (χ1) is 7.84. The number of carbonyl (C=O) groups excluding carboxylic acids is 1. The fraction of sp³-hybridized carbons (Fsp3) is 0.923. The molecule has 16 heavy (non-hydrogen) atoms. The van der Waals surface area contributed by atoms with Crippen molar-refractivity contribution in [3.63, 3.8) is 0 Å². The summed E-state index contributed by atoms with van der Waals surface area (Å²) in [6.45, 7) is 3.17. The van der Waals surface area contributed by atoms with Crippen molar-refractivity contribution in [2.75, 3.05) is 19.6 Å². The van der Waals surface area contributed by atoms with Gasteiger partial charge in [0.15, 0.2) is 0 Å². The van der Waals surface area contributed by atoms with Crippen LogP contribution in [0.2, 0.25) is 0 Å². The van der Waals surface area contributed by atoms with E-state index in [1.807, 2.05) is 0 Å². The summed E-state index contributed by atoms with van der Waals surface area (Å²) in [7, 11) is 0. The molecule has 1 amide bonds. The zero-order chi connectivity index (χ0) is 11.0. The normalized spacial score (nSPS) is 34.6. The van der Waals surface area contributed by atoms with E-state index in [1.165, 1.54) is 32.1 Å². The molecule has 0 bridgehead atoms. The van der Waals surface area contributed by atoms with Crippen LogP contribution in [0.3, 0.4) is 0 Å². The summed E-state index contributed by atoms with van der Waals surface area (Å²) in [5, 5.41) is 3.41. The number of fused-ring (bicyclic) bond motifs is 1. The Morgan fingerprint density at radius 1 is 1.19 bits per heavy atom. The number of rotatable bonds is 2. The van der Waals surface area contributed by atoms with Gasteiger partial charge in [-0.3, -0.25) is 4.79 Å². The van der Waals surface area contributed by atoms with Crippen LogP contribution in [0.4, 0.5) is 0 Å². The van der Waals surface area contributed by atoms with Gasteiger partial charge in [-0.2, -0.15) is 0 Å². The Balaban J connectivity index is 1.57. The van der Waals surface area contributed by atoms with Gasteiger partial charge in [0.25, 0.3) is 0 Å². The van der Waals surface area contributed by atoms with Gasteiger partial charge in [-0.15, -0.1) is 0 Å². The third-order valence-corrected chi connectivity index (χ3v) is 4.70. The second-order valence-electron chi connectivity index (χ2n) is 5.72. The average molecular weight is 222 g/mol. The molecular formula is C13H22N2O. The van der Waals surface area contributed by atoms with Crippen LogP contribution in [0.1, 0.15) is 38.5 Å². The Hall–Kier alpha value is -0.570. The molecule has 0 aromatic heterocycles. The molecule has 3 aliphatic rings. The number of hydrogen-bond acceptors (Lipinski definition) is 2. The molecule has 0 spiro atoms. The lowest BCUT2D eigenvalue weighted by molar-refractivity contribution is -0.132. The largest absolute Gasteiger partial charge is 0.338 e. The molecule has 1 aliphatic carbocycles. The van der Waals surface area contributed by atoms with Crippen molar-refractivity contribution in [1.29, 1.82) is 0 Å². The molecule has 2 saturated heterocycles. The van der Waals surface area contributed by atoms with Gasteiger partial charge in [0.1, 0.15) is 0 Å². The van der Waals surface area contributed by atoms with E-state index in [2.05, 4.69) is 10.2 Å². The smallest absolute Gasteiger partial charge is 0.223 e. The van der Waals surface area contributed by atoms with Gasteiger partial charge in [-0.05, 0) is 31.1 Å². The molecule has 90 valence electrons. The average Bonchev–Trinajstić information content (AvgIpc) is 2.92. The standard InChI is InChI=1S/C13H22N2O/c16-13(7-10-3-1-2-4-10)15-6-5-11-8-14-9-12(11)15/h10-12,14H,1-9H2/t11-,12+/m1/s1. The Morgan fingerprint density at radius 2 is 2.00 bits per heavy atom. The molecule has 2 aliphatic heterocycles. The van der Waals surface area contributed by atoms with Crippen molar-refractivity contribution >= 4 is 5.91 Å². The number of likely N-dealkylation sites (tertiary alicyclic amines) is 1. The third kappa shape index (κ3) is 1.86. The van der Waals surface area contributed by atoms with Crippen LogP contribution in [0.15, 0.2) is 0 Å². The second kappa shape index (κ2) is 4.36. The maximum Gasteiger partial charge on any atom is 0.223 e. The van der Waals surface area contributed by atoms with Crippen LogP contribution < -0.4 is 5.32 Å². The highest BCUT2D eigenvalue weighted by atomic mass is 16.2. The molecular weight excluding hydrogens is 200 g/mol. The highest BCUT2D eigenvalue weighted by molar-refractivity contribution is 5.77. The molecule has 3 heteroatoms. The maximum absolute atomic E-state index is 12.2. The first kappa shape index (κ1) is 10.6. The fourth-order valence-corrected chi connectivity index (χ4v) is 3.74. The quantitative estimate of drug-likeness (QED) is 0.765. The number of nitrogens with one attached hydrogen (secondary N) is 1. The van der Waals surface area contributed by atoms with Crippen LogP contribution in [0, 0.1) is 11.8 Å². The van der Waals surface area contributed by atoms with Crippen LogP contribution in [-0.2, 0) is 4.79 Å². The zero-order valence-electron chi connectivity index (χ0n) is 9.95. The predicted molar refractivity (Wildman–Crippen MR) is 63.1 cm³/mol. The Kier molecular flexibility index (Phi) is 2.88. The Bertz CT molecular complexity index is 273. The number of hydrogen-bond donors (Lipinski definition) is 1. The summed E-state index contributed by atoms with van der Waals surface area (Å²) in [6.07, 6.45) is 7.28. The van der Waals surface area contributed by atoms with Gasteiger partial charge in [-0.25, -0.2) is 0 Å². The minimum atomic E-state index is 0.433. The highest BCUT2D eigenvalue weighted by Gasteiger charge is 2.40. The molecule has 3 nitrogen and oxygen atoms in total. The third-order valence-electron chi connectivity index (χ3n) is 4.70. The van der Waals surface area contributed by atoms with E-state index >= 15 is 0 Å². The van der Waals surface area contributed by atoms with Crippen LogP contribution in [0.25, 0.3) is 0 Å². The predicted octanol–water partition coefficient (Wildman–Crippen LogP) is 1.39. The van der Waals surface area contributed by atoms with Gasteiger partial charge in [0, 0.05) is 32.1 Å². The summed E-state index contributed by atoms with van der Waals surface area (Å²) in [5.74, 6) is 1.87. The van der Waals surface area contributed by atoms with E-state index in [0.29, 0.717) is 17.9 Å². The zero-order valence-corrected chi connectivity index (χ0v) is 9.95. The second-order valence-corrected chi connectivity index (χ2v) is 5.72. The van der Waals surface area contributed by atoms with Crippen LogP contribution >= 0.6 is 0 Å². The SMILES string of the molecule is O=C(CC1CCCC1)N1CC[C@@H]2CNC[C@@H]21. The molecule has 2 atom stereocenters. The van der Waals surface area contributed by atoms with Crippen LogP contribution in [0.5, 0.6) is 0 Å². The molecule has 1 saturated carbocycles. The van der Waals surface area contributed by atoms with E-state index in [0.717, 1.165) is 32.0 Å². The molecule has 2 heterocycles. The van der Waals surface area contributed by atoms with Crippen molar-refractivity contribution in [1.82, 2.24) is 10.2 Å². The van der Waals surface area contributed by atoms with E-state index in [4.69, 9.17) is 0 Å². The number of carbonyl (C=O) groups is 1. The van der Waals surface area contributed by atoms with Crippen molar-refractivity contribution < 1.29 is 4.79 Å². The van der Waals surface area contributed by atoms with E-state index in [1.54, 1.807) is 0 Å². The molecule has 0 aromatic carbocycles. The van der Waals surface area contributed by atoms with Gasteiger partial charge < -0.3 is 10.2 Å². The minimum Gasteiger partial charge on any atom is -0.338 e. The minimum absolute atomic E-state index is 0.433. The van der Waals surface area contributed by atoms with Gasteiger partial charge >= 0.3 is 0 Å². The monoisotopic (exact) mass is 222 g/mol. The fourth-order valence-electron chi connectivity index (χ4n) is 3.74. The lowest BCUT2D eigenvalue weighted by atomic mass is 10.0.